The SMILES string of the molecule is Fc1ccc(-c2ccc(-c3cnn(PI)c3)c3ncsc23)nn1. The maximum absolute atomic E-state index is 13.0. The van der Waals surface area contributed by atoms with Crippen molar-refractivity contribution in [2.45, 2.75) is 0 Å². The number of halogens is 2. The Morgan fingerprint density at radius 3 is 2.74 bits per heavy atom. The summed E-state index contributed by atoms with van der Waals surface area (Å²) in [5.74, 6) is -0.585. The third-order valence-corrected chi connectivity index (χ3v) is 6.13. The molecule has 4 aromatic rings. The van der Waals surface area contributed by atoms with Crippen LogP contribution in [0.1, 0.15) is 0 Å². The topological polar surface area (TPSA) is 56.5 Å². The Morgan fingerprint density at radius 2 is 2.00 bits per heavy atom. The minimum absolute atomic E-state index is 0.558. The highest BCUT2D eigenvalue weighted by atomic mass is 127. The number of nitrogens with zero attached hydrogens (tertiary/aromatic N) is 5. The molecule has 1 atom stereocenters. The minimum atomic E-state index is -0.585. The lowest BCUT2D eigenvalue weighted by Gasteiger charge is -2.05. The van der Waals surface area contributed by atoms with Gasteiger partial charge in [0.1, 0.15) is 0 Å². The van der Waals surface area contributed by atoms with E-state index >= 15 is 0 Å². The second-order valence-electron chi connectivity index (χ2n) is 4.69. The molecule has 0 spiro atoms. The predicted molar refractivity (Wildman–Crippen MR) is 99.6 cm³/mol. The van der Waals surface area contributed by atoms with Crippen LogP contribution in [0.4, 0.5) is 4.39 Å². The molecule has 1 aromatic carbocycles. The number of fused-ring (bicyclic) bond motifs is 1. The van der Waals surface area contributed by atoms with Crippen molar-refractivity contribution in [3.63, 3.8) is 0 Å². The van der Waals surface area contributed by atoms with E-state index in [2.05, 4.69) is 42.3 Å². The van der Waals surface area contributed by atoms with E-state index in [9.17, 15) is 4.39 Å². The van der Waals surface area contributed by atoms with Gasteiger partial charge in [-0.15, -0.1) is 21.5 Å². The molecule has 23 heavy (non-hydrogen) atoms. The third kappa shape index (κ3) is 2.75. The van der Waals surface area contributed by atoms with Crippen molar-refractivity contribution >= 4 is 50.0 Å². The molecule has 3 aromatic heterocycles. The normalized spacial score (nSPS) is 11.7. The molecule has 1 unspecified atom stereocenters. The molecule has 114 valence electrons. The number of hydrogen-bond acceptors (Lipinski definition) is 5. The van der Waals surface area contributed by atoms with Crippen molar-refractivity contribution in [2.75, 3.05) is 0 Å². The summed E-state index contributed by atoms with van der Waals surface area (Å²) in [7, 11) is 0. The Kier molecular flexibility index (Phi) is 4.04. The summed E-state index contributed by atoms with van der Waals surface area (Å²) in [4.78, 5) is 4.49. The largest absolute Gasteiger partial charge is 0.245 e. The zero-order chi connectivity index (χ0) is 15.8. The number of aromatic nitrogens is 5. The van der Waals surface area contributed by atoms with Crippen LogP contribution < -0.4 is 0 Å². The van der Waals surface area contributed by atoms with Gasteiger partial charge in [0.15, 0.2) is 0 Å². The molecular weight excluding hydrogens is 447 g/mol. The van der Waals surface area contributed by atoms with Crippen LogP contribution in [0.3, 0.4) is 0 Å². The highest BCUT2D eigenvalue weighted by Gasteiger charge is 2.14. The van der Waals surface area contributed by atoms with E-state index in [0.717, 1.165) is 26.9 Å². The van der Waals surface area contributed by atoms with Crippen molar-refractivity contribution in [3.8, 4) is 22.4 Å². The molecule has 0 N–H and O–H groups in total. The highest BCUT2D eigenvalue weighted by Crippen LogP contribution is 2.37. The molecule has 0 amide bonds. The number of hydrogen-bond donors (Lipinski definition) is 0. The molecule has 0 aliphatic carbocycles. The van der Waals surface area contributed by atoms with E-state index in [0.29, 0.717) is 12.1 Å². The van der Waals surface area contributed by atoms with E-state index in [4.69, 9.17) is 0 Å². The van der Waals surface area contributed by atoms with Gasteiger partial charge in [0.25, 0.3) is 0 Å². The summed E-state index contributed by atoms with van der Waals surface area (Å²) in [5, 5.41) is 11.8. The average Bonchev–Trinajstić information content (AvgIpc) is 3.24. The van der Waals surface area contributed by atoms with Crippen LogP contribution in [0, 0.1) is 5.95 Å². The zero-order valence-corrected chi connectivity index (χ0v) is 15.4. The molecular formula is C14H8FIN5PS. The van der Waals surface area contributed by atoms with Gasteiger partial charge in [0.2, 0.25) is 5.95 Å². The quantitative estimate of drug-likeness (QED) is 0.336. The average molecular weight is 455 g/mol. The summed E-state index contributed by atoms with van der Waals surface area (Å²) in [6, 6.07) is 6.92. The van der Waals surface area contributed by atoms with E-state index in [1.807, 2.05) is 29.0 Å². The first-order valence-corrected chi connectivity index (χ1v) is 11.5. The minimum Gasteiger partial charge on any atom is -0.245 e. The molecule has 0 bridgehead atoms. The summed E-state index contributed by atoms with van der Waals surface area (Å²) in [5.41, 5.74) is 6.30. The molecule has 0 radical (unpaired) electrons. The monoisotopic (exact) mass is 455 g/mol. The Hall–Kier alpha value is -1.51. The Morgan fingerprint density at radius 1 is 1.13 bits per heavy atom. The van der Waals surface area contributed by atoms with Gasteiger partial charge in [-0.3, -0.25) is 0 Å². The zero-order valence-electron chi connectivity index (χ0n) is 11.4. The lowest BCUT2D eigenvalue weighted by molar-refractivity contribution is 0.564. The van der Waals surface area contributed by atoms with Crippen LogP contribution in [0.25, 0.3) is 32.6 Å². The fraction of sp³-hybridized carbons (Fsp3) is 0. The Bertz CT molecular complexity index is 984. The molecule has 0 saturated carbocycles. The molecule has 3 heterocycles. The Balaban J connectivity index is 1.89. The molecule has 4 rings (SSSR count). The van der Waals surface area contributed by atoms with Crippen LogP contribution in [0.2, 0.25) is 0 Å². The summed E-state index contributed by atoms with van der Waals surface area (Å²) >= 11 is 3.82. The van der Waals surface area contributed by atoms with Gasteiger partial charge in [0, 0.05) is 22.9 Å². The summed E-state index contributed by atoms with van der Waals surface area (Å²) < 4.78 is 15.9. The molecule has 5 nitrogen and oxygen atoms in total. The highest BCUT2D eigenvalue weighted by molar-refractivity contribution is 14.2. The number of rotatable bonds is 3. The van der Waals surface area contributed by atoms with Crippen LogP contribution in [0.15, 0.2) is 42.2 Å². The Labute approximate surface area is 149 Å². The van der Waals surface area contributed by atoms with Crippen LogP contribution in [-0.2, 0) is 0 Å². The molecule has 0 aliphatic rings. The smallest absolute Gasteiger partial charge is 0.233 e. The molecule has 9 heteroatoms. The van der Waals surface area contributed by atoms with Gasteiger partial charge < -0.3 is 0 Å². The standard InChI is InChI=1S/C14H8FIN5PS/c15-12-4-3-11(19-20-12)10-2-1-9(13-14(10)23-7-17-13)8-5-18-21(6-8)22-16/h1-7,22H. The third-order valence-electron chi connectivity index (χ3n) is 3.37. The molecule has 0 saturated heterocycles. The summed E-state index contributed by atoms with van der Waals surface area (Å²) in [6.45, 7) is 0. The van der Waals surface area contributed by atoms with Crippen molar-refractivity contribution in [3.05, 3.63) is 48.1 Å². The van der Waals surface area contributed by atoms with E-state index in [1.54, 1.807) is 11.6 Å². The van der Waals surface area contributed by atoms with Crippen LogP contribution >= 0.6 is 39.8 Å². The van der Waals surface area contributed by atoms with Crippen LogP contribution in [-0.4, -0.2) is 24.7 Å². The second kappa shape index (κ2) is 6.18. The lowest BCUT2D eigenvalue weighted by atomic mass is 10.0. The second-order valence-corrected chi connectivity index (χ2v) is 7.62. The van der Waals surface area contributed by atoms with Crippen molar-refractivity contribution < 1.29 is 4.39 Å². The fourth-order valence-electron chi connectivity index (χ4n) is 2.35. The number of thiazole rings is 1. The van der Waals surface area contributed by atoms with Crippen molar-refractivity contribution in [2.24, 2.45) is 0 Å². The first-order chi connectivity index (χ1) is 11.3. The van der Waals surface area contributed by atoms with Gasteiger partial charge in [-0.05, 0) is 34.2 Å². The lowest BCUT2D eigenvalue weighted by Crippen LogP contribution is -1.91. The molecule has 0 fully saturated rings. The molecule has 0 aliphatic heterocycles. The first kappa shape index (κ1) is 15.0. The van der Waals surface area contributed by atoms with Crippen molar-refractivity contribution in [1.82, 2.24) is 24.7 Å². The fourth-order valence-corrected chi connectivity index (χ4v) is 4.27. The van der Waals surface area contributed by atoms with Gasteiger partial charge in [-0.25, -0.2) is 9.44 Å². The number of benzene rings is 1. The van der Waals surface area contributed by atoms with Crippen LogP contribution in [0.5, 0.6) is 0 Å². The van der Waals surface area contributed by atoms with Gasteiger partial charge >= 0.3 is 0 Å². The van der Waals surface area contributed by atoms with Gasteiger partial charge in [-0.2, -0.15) is 9.49 Å². The van der Waals surface area contributed by atoms with Gasteiger partial charge in [0.05, 0.1) is 34.0 Å². The van der Waals surface area contributed by atoms with E-state index < -0.39 is 5.95 Å². The maximum atomic E-state index is 13.0. The van der Waals surface area contributed by atoms with Crippen molar-refractivity contribution in [1.29, 1.82) is 0 Å². The van der Waals surface area contributed by atoms with E-state index in [-0.39, 0.29) is 0 Å². The first-order valence-electron chi connectivity index (χ1n) is 6.54. The van der Waals surface area contributed by atoms with Gasteiger partial charge in [-0.1, -0.05) is 12.1 Å². The maximum Gasteiger partial charge on any atom is 0.233 e. The van der Waals surface area contributed by atoms with E-state index in [1.165, 1.54) is 17.4 Å². The summed E-state index contributed by atoms with van der Waals surface area (Å²) in [6.07, 6.45) is 4.41. The predicted octanol–water partition coefficient (Wildman–Crippen LogP) is 4.55.